The molecule has 0 bridgehead atoms. The SMILES string of the molecule is CC/C=C\C/C=C\C/C=C\C/C=C\C/C=C\C/C=C\CCC(=O)OC(COC(=O)CCC/C=C\C/C=C\C/C=C\C/C=C\C/C=C\CC)COP(=O)(O)OCC(N)C(=O)O. The number of phosphoric acid groups is 1. The monoisotopic (exact) mass is 853 g/mol. The van der Waals surface area contributed by atoms with E-state index >= 15 is 0 Å². The van der Waals surface area contributed by atoms with Crippen LogP contribution in [0.4, 0.5) is 0 Å². The zero-order valence-electron chi connectivity index (χ0n) is 36.0. The molecule has 0 saturated heterocycles. The highest BCUT2D eigenvalue weighted by Gasteiger charge is 2.28. The Kier molecular flexibility index (Phi) is 38.3. The van der Waals surface area contributed by atoms with Crippen molar-refractivity contribution in [3.05, 3.63) is 134 Å². The summed E-state index contributed by atoms with van der Waals surface area (Å²) in [7, 11) is -4.76. The summed E-state index contributed by atoms with van der Waals surface area (Å²) in [6, 6.07) is -1.55. The van der Waals surface area contributed by atoms with Gasteiger partial charge in [0.25, 0.3) is 0 Å². The molecule has 0 amide bonds. The quantitative estimate of drug-likeness (QED) is 0.0235. The predicted molar refractivity (Wildman–Crippen MR) is 244 cm³/mol. The number of carbonyl (C=O) groups is 3. The molecule has 0 aliphatic carbocycles. The molecule has 0 spiro atoms. The molecule has 0 aliphatic rings. The smallest absolute Gasteiger partial charge is 0.472 e. The number of nitrogens with two attached hydrogens (primary N) is 1. The van der Waals surface area contributed by atoms with Crippen molar-refractivity contribution in [2.24, 2.45) is 5.73 Å². The van der Waals surface area contributed by atoms with E-state index in [1.54, 1.807) is 0 Å². The normalized spacial score (nSPS) is 15.0. The van der Waals surface area contributed by atoms with Gasteiger partial charge in [-0.1, -0.05) is 148 Å². The molecule has 11 nitrogen and oxygen atoms in total. The lowest BCUT2D eigenvalue weighted by Gasteiger charge is -2.20. The van der Waals surface area contributed by atoms with Crippen molar-refractivity contribution in [2.45, 2.75) is 129 Å². The Balaban J connectivity index is 4.63. The van der Waals surface area contributed by atoms with Crippen LogP contribution in [0.25, 0.3) is 0 Å². The zero-order valence-corrected chi connectivity index (χ0v) is 36.9. The van der Waals surface area contributed by atoms with Crippen LogP contribution in [0.2, 0.25) is 0 Å². The van der Waals surface area contributed by atoms with Gasteiger partial charge in [-0.05, 0) is 89.9 Å². The fourth-order valence-electron chi connectivity index (χ4n) is 4.65. The molecule has 4 N–H and O–H groups in total. The highest BCUT2D eigenvalue weighted by Crippen LogP contribution is 2.43. The number of carboxylic acid groups (broad SMARTS) is 1. The fraction of sp³-hybridized carbons (Fsp3) is 0.479. The van der Waals surface area contributed by atoms with Gasteiger partial charge in [-0.25, -0.2) is 4.57 Å². The van der Waals surface area contributed by atoms with Gasteiger partial charge < -0.3 is 25.2 Å². The number of phosphoric ester groups is 1. The second kappa shape index (κ2) is 41.4. The molecule has 12 heteroatoms. The Bertz CT molecular complexity index is 1520. The molecule has 3 unspecified atom stereocenters. The van der Waals surface area contributed by atoms with Gasteiger partial charge in [0.15, 0.2) is 6.10 Å². The van der Waals surface area contributed by atoms with Crippen molar-refractivity contribution in [2.75, 3.05) is 19.8 Å². The molecule has 3 atom stereocenters. The number of unbranched alkanes of at least 4 members (excludes halogenated alkanes) is 1. The van der Waals surface area contributed by atoms with Crippen molar-refractivity contribution in [3.8, 4) is 0 Å². The van der Waals surface area contributed by atoms with Crippen LogP contribution in [0.3, 0.4) is 0 Å². The van der Waals surface area contributed by atoms with Gasteiger partial charge in [-0.15, -0.1) is 0 Å². The average molecular weight is 854 g/mol. The topological polar surface area (TPSA) is 172 Å². The minimum atomic E-state index is -4.76. The van der Waals surface area contributed by atoms with E-state index in [-0.39, 0.29) is 12.8 Å². The summed E-state index contributed by atoms with van der Waals surface area (Å²) >= 11 is 0. The van der Waals surface area contributed by atoms with Gasteiger partial charge in [-0.2, -0.15) is 0 Å². The molecule has 0 aromatic carbocycles. The van der Waals surface area contributed by atoms with Gasteiger partial charge in [0, 0.05) is 12.8 Å². The van der Waals surface area contributed by atoms with Crippen molar-refractivity contribution in [1.82, 2.24) is 0 Å². The molecule has 0 rings (SSSR count). The largest absolute Gasteiger partial charge is 0.480 e. The second-order valence-corrected chi connectivity index (χ2v) is 14.8. The van der Waals surface area contributed by atoms with E-state index in [2.05, 4.69) is 122 Å². The average Bonchev–Trinajstić information content (AvgIpc) is 3.22. The number of hydrogen-bond acceptors (Lipinski definition) is 9. The number of aliphatic carboxylic acids is 1. The standard InChI is InChI=1S/C48H72NO10P/c1-3-5-7-9-11-13-15-17-19-21-22-24-26-28-30-32-34-36-38-40-47(51)59-44(42-57-60(54,55)58-43-45(49)48(52)53)41-56-46(50)39-37-35-33-31-29-27-25-23-20-18-16-14-12-10-8-6-4-2/h5-8,11-14,17-20,22,24-25,27-28,30-31,33-34,36,44-45H,3-4,9-10,15-16,21,23,26,29,32,35,37-43,49H2,1-2H3,(H,52,53)(H,54,55)/b7-5-,8-6-,13-11-,14-12-,19-17-,20-18-,24-22-,27-25-,30-28-,33-31-,36-34-. The van der Waals surface area contributed by atoms with Crippen molar-refractivity contribution in [1.29, 1.82) is 0 Å². The van der Waals surface area contributed by atoms with E-state index in [0.717, 1.165) is 64.2 Å². The third-order valence-corrected chi connectivity index (χ3v) is 8.86. The first-order valence-corrected chi connectivity index (χ1v) is 22.7. The van der Waals surface area contributed by atoms with Crippen molar-refractivity contribution < 1.29 is 47.5 Å². The van der Waals surface area contributed by atoms with E-state index in [1.165, 1.54) is 0 Å². The molecular weight excluding hydrogens is 781 g/mol. The number of carboxylic acids is 1. The van der Waals surface area contributed by atoms with E-state index in [0.29, 0.717) is 25.7 Å². The minimum absolute atomic E-state index is 0.0145. The maximum absolute atomic E-state index is 12.6. The molecule has 0 aliphatic heterocycles. The first-order valence-electron chi connectivity index (χ1n) is 21.2. The van der Waals surface area contributed by atoms with Gasteiger partial charge in [-0.3, -0.25) is 23.4 Å². The van der Waals surface area contributed by atoms with Gasteiger partial charge in [0.1, 0.15) is 12.6 Å². The molecule has 334 valence electrons. The van der Waals surface area contributed by atoms with E-state index in [9.17, 15) is 23.8 Å². The predicted octanol–water partition coefficient (Wildman–Crippen LogP) is 11.4. The maximum Gasteiger partial charge on any atom is 0.472 e. The highest BCUT2D eigenvalue weighted by atomic mass is 31.2. The Morgan fingerprint density at radius 1 is 0.517 bits per heavy atom. The number of ether oxygens (including phenoxy) is 2. The Hall–Kier alpha value is -4.38. The summed E-state index contributed by atoms with van der Waals surface area (Å²) < 4.78 is 32.5. The Morgan fingerprint density at radius 2 is 0.883 bits per heavy atom. The lowest BCUT2D eigenvalue weighted by Crippen LogP contribution is -2.34. The van der Waals surface area contributed by atoms with Crippen LogP contribution >= 0.6 is 7.82 Å². The van der Waals surface area contributed by atoms with Crippen LogP contribution in [0.1, 0.15) is 117 Å². The Labute approximate surface area is 360 Å². The van der Waals surface area contributed by atoms with Crippen molar-refractivity contribution >= 4 is 25.7 Å². The number of carbonyl (C=O) groups excluding carboxylic acids is 2. The van der Waals surface area contributed by atoms with E-state index < -0.39 is 57.7 Å². The van der Waals surface area contributed by atoms with Gasteiger partial charge in [0.05, 0.1) is 13.2 Å². The molecule has 0 saturated carbocycles. The van der Waals surface area contributed by atoms with E-state index in [1.807, 2.05) is 30.4 Å². The maximum atomic E-state index is 12.6. The lowest BCUT2D eigenvalue weighted by molar-refractivity contribution is -0.161. The Morgan fingerprint density at radius 3 is 1.28 bits per heavy atom. The van der Waals surface area contributed by atoms with E-state index in [4.69, 9.17) is 24.8 Å². The third kappa shape index (κ3) is 40.4. The molecule has 0 heterocycles. The van der Waals surface area contributed by atoms with Crippen LogP contribution < -0.4 is 5.73 Å². The molecule has 0 fully saturated rings. The summed E-state index contributed by atoms with van der Waals surface area (Å²) in [5.74, 6) is -2.58. The molecule has 60 heavy (non-hydrogen) atoms. The first kappa shape index (κ1) is 55.6. The van der Waals surface area contributed by atoms with Gasteiger partial charge >= 0.3 is 25.7 Å². The van der Waals surface area contributed by atoms with Crippen molar-refractivity contribution in [3.63, 3.8) is 0 Å². The molecular formula is C48H72NO10P. The highest BCUT2D eigenvalue weighted by molar-refractivity contribution is 7.47. The van der Waals surface area contributed by atoms with Crippen LogP contribution in [-0.4, -0.2) is 59.9 Å². The minimum Gasteiger partial charge on any atom is -0.480 e. The van der Waals surface area contributed by atoms with Crippen LogP contribution in [0.15, 0.2) is 134 Å². The van der Waals surface area contributed by atoms with Gasteiger partial charge in [0.2, 0.25) is 0 Å². The van der Waals surface area contributed by atoms with Crippen LogP contribution in [-0.2, 0) is 37.5 Å². The molecule has 0 radical (unpaired) electrons. The number of allylic oxidation sites excluding steroid dienone is 22. The number of esters is 2. The second-order valence-electron chi connectivity index (χ2n) is 13.4. The van der Waals surface area contributed by atoms with Crippen LogP contribution in [0, 0.1) is 0 Å². The number of hydrogen-bond donors (Lipinski definition) is 3. The summed E-state index contributed by atoms with van der Waals surface area (Å²) in [6.07, 6.45) is 56.8. The summed E-state index contributed by atoms with van der Waals surface area (Å²) in [4.78, 5) is 45.9. The number of rotatable bonds is 37. The molecule has 0 aromatic heterocycles. The summed E-state index contributed by atoms with van der Waals surface area (Å²) in [5, 5.41) is 8.89. The zero-order chi connectivity index (χ0) is 44.2. The lowest BCUT2D eigenvalue weighted by atomic mass is 10.2. The fourth-order valence-corrected chi connectivity index (χ4v) is 5.43. The molecule has 0 aromatic rings. The first-order chi connectivity index (χ1) is 29.1. The third-order valence-electron chi connectivity index (χ3n) is 7.91. The van der Waals surface area contributed by atoms with Crippen LogP contribution in [0.5, 0.6) is 0 Å². The summed E-state index contributed by atoms with van der Waals surface area (Å²) in [5.41, 5.74) is 5.32. The summed E-state index contributed by atoms with van der Waals surface area (Å²) in [6.45, 7) is 2.40.